The van der Waals surface area contributed by atoms with Gasteiger partial charge in [0.1, 0.15) is 17.3 Å². The van der Waals surface area contributed by atoms with E-state index in [1.54, 1.807) is 18.2 Å². The quantitative estimate of drug-likeness (QED) is 0.489. The highest BCUT2D eigenvalue weighted by molar-refractivity contribution is 5.71. The molecule has 0 saturated carbocycles. The van der Waals surface area contributed by atoms with E-state index in [1.165, 1.54) is 38.5 Å². The molecular weight excluding hydrogens is 450 g/mol. The average molecular weight is 480 g/mol. The van der Waals surface area contributed by atoms with Crippen molar-refractivity contribution in [1.29, 1.82) is 0 Å². The van der Waals surface area contributed by atoms with E-state index >= 15 is 0 Å². The van der Waals surface area contributed by atoms with Crippen molar-refractivity contribution in [2.45, 2.75) is 31.8 Å². The molecular formula is C27H29NO7. The van der Waals surface area contributed by atoms with Crippen molar-refractivity contribution < 1.29 is 28.5 Å². The Bertz CT molecular complexity index is 1270. The van der Waals surface area contributed by atoms with Gasteiger partial charge < -0.3 is 23.7 Å². The van der Waals surface area contributed by atoms with E-state index in [9.17, 15) is 14.7 Å². The maximum atomic E-state index is 12.8. The van der Waals surface area contributed by atoms with E-state index in [2.05, 4.69) is 17.0 Å². The summed E-state index contributed by atoms with van der Waals surface area (Å²) >= 11 is 0. The number of aromatic hydroxyl groups is 1. The van der Waals surface area contributed by atoms with Crippen LogP contribution in [-0.2, 0) is 29.0 Å². The van der Waals surface area contributed by atoms with Crippen molar-refractivity contribution in [3.63, 3.8) is 0 Å². The Kier molecular flexibility index (Phi) is 7.41. The van der Waals surface area contributed by atoms with Crippen LogP contribution in [0.3, 0.4) is 0 Å². The molecule has 35 heavy (non-hydrogen) atoms. The smallest absolute Gasteiger partial charge is 0.306 e. The van der Waals surface area contributed by atoms with Crippen LogP contribution >= 0.6 is 0 Å². The van der Waals surface area contributed by atoms with Crippen LogP contribution in [-0.4, -0.2) is 43.8 Å². The summed E-state index contributed by atoms with van der Waals surface area (Å²) in [5, 5.41) is 10.7. The van der Waals surface area contributed by atoms with Crippen LogP contribution in [0.5, 0.6) is 17.2 Å². The number of ether oxygens (including phenoxy) is 3. The number of carbonyl (C=O) groups excluding carboxylic acids is 1. The van der Waals surface area contributed by atoms with Gasteiger partial charge in [-0.25, -0.2) is 0 Å². The van der Waals surface area contributed by atoms with Crippen LogP contribution in [0.2, 0.25) is 0 Å². The van der Waals surface area contributed by atoms with Crippen molar-refractivity contribution in [1.82, 2.24) is 4.90 Å². The third kappa shape index (κ3) is 5.33. The summed E-state index contributed by atoms with van der Waals surface area (Å²) in [7, 11) is 4.31. The maximum Gasteiger partial charge on any atom is 0.306 e. The molecule has 0 spiro atoms. The Morgan fingerprint density at radius 1 is 1.09 bits per heavy atom. The summed E-state index contributed by atoms with van der Waals surface area (Å²) < 4.78 is 21.8. The van der Waals surface area contributed by atoms with Crippen LogP contribution in [0.15, 0.2) is 57.7 Å². The van der Waals surface area contributed by atoms with Gasteiger partial charge in [-0.3, -0.25) is 14.5 Å². The minimum atomic E-state index is -0.807. The lowest BCUT2D eigenvalue weighted by Gasteiger charge is -2.28. The Morgan fingerprint density at radius 3 is 2.57 bits per heavy atom. The van der Waals surface area contributed by atoms with Gasteiger partial charge in [0.05, 0.1) is 40.2 Å². The summed E-state index contributed by atoms with van der Waals surface area (Å²) in [5.41, 5.74) is 2.55. The highest BCUT2D eigenvalue weighted by Gasteiger charge is 2.29. The second-order valence-corrected chi connectivity index (χ2v) is 8.46. The highest BCUT2D eigenvalue weighted by atomic mass is 16.5. The third-order valence-electron chi connectivity index (χ3n) is 6.32. The summed E-state index contributed by atoms with van der Waals surface area (Å²) in [6.07, 6.45) is 0.746. The van der Waals surface area contributed by atoms with E-state index < -0.39 is 23.1 Å². The first-order chi connectivity index (χ1) is 16.9. The monoisotopic (exact) mass is 479 g/mol. The molecule has 0 radical (unpaired) electrons. The van der Waals surface area contributed by atoms with Crippen LogP contribution < -0.4 is 14.9 Å². The fraction of sp³-hybridized carbons (Fsp3) is 0.333. The number of hydrogen-bond acceptors (Lipinski definition) is 8. The molecule has 2 heterocycles. The Hall–Kier alpha value is -3.78. The zero-order valence-electron chi connectivity index (χ0n) is 20.1. The number of carbonyl (C=O) groups is 1. The van der Waals surface area contributed by atoms with Gasteiger partial charge >= 0.3 is 5.97 Å². The topological polar surface area (TPSA) is 98.4 Å². The SMILES string of the molecule is COC(=O)C[C@H](c1ccc(OC)cc1OC)c1oc(CN2CCc3ccccc3C2)cc(=O)c1O. The van der Waals surface area contributed by atoms with Crippen LogP contribution in [0.1, 0.15) is 40.5 Å². The van der Waals surface area contributed by atoms with Gasteiger partial charge in [0.2, 0.25) is 11.2 Å². The number of fused-ring (bicyclic) bond motifs is 1. The molecule has 0 bridgehead atoms. The molecule has 4 rings (SSSR count). The molecule has 8 heteroatoms. The summed E-state index contributed by atoms with van der Waals surface area (Å²) in [6, 6.07) is 14.7. The van der Waals surface area contributed by atoms with E-state index in [0.717, 1.165) is 19.5 Å². The largest absolute Gasteiger partial charge is 0.502 e. The fourth-order valence-corrected chi connectivity index (χ4v) is 4.48. The standard InChI is InChI=1S/C27H29NO7/c1-32-19-8-9-21(24(13-19)33-2)22(14-25(30)34-3)27-26(31)23(29)12-20(35-27)16-28-11-10-17-6-4-5-7-18(17)15-28/h4-9,12-13,22,31H,10-11,14-16H2,1-3H3/t22-/m1/s1. The van der Waals surface area contributed by atoms with Gasteiger partial charge in [-0.1, -0.05) is 30.3 Å². The van der Waals surface area contributed by atoms with Gasteiger partial charge in [-0.15, -0.1) is 0 Å². The van der Waals surface area contributed by atoms with Gasteiger partial charge in [-0.2, -0.15) is 0 Å². The molecule has 0 aliphatic carbocycles. The van der Waals surface area contributed by atoms with Gasteiger partial charge in [0.15, 0.2) is 5.76 Å². The van der Waals surface area contributed by atoms with Crippen molar-refractivity contribution in [2.24, 2.45) is 0 Å². The minimum Gasteiger partial charge on any atom is -0.502 e. The molecule has 1 N–H and O–H groups in total. The molecule has 8 nitrogen and oxygen atoms in total. The second kappa shape index (κ2) is 10.7. The van der Waals surface area contributed by atoms with Crippen molar-refractivity contribution in [3.05, 3.63) is 87.0 Å². The molecule has 1 aliphatic rings. The predicted molar refractivity (Wildman–Crippen MR) is 129 cm³/mol. The fourth-order valence-electron chi connectivity index (χ4n) is 4.48. The van der Waals surface area contributed by atoms with Gasteiger partial charge in [-0.05, 0) is 23.6 Å². The van der Waals surface area contributed by atoms with Crippen LogP contribution in [0.25, 0.3) is 0 Å². The normalized spacial score (nSPS) is 14.1. The second-order valence-electron chi connectivity index (χ2n) is 8.46. The van der Waals surface area contributed by atoms with Gasteiger partial charge in [0, 0.05) is 30.8 Å². The molecule has 1 aromatic heterocycles. The minimum absolute atomic E-state index is 0.00113. The lowest BCUT2D eigenvalue weighted by molar-refractivity contribution is -0.140. The lowest BCUT2D eigenvalue weighted by atomic mass is 9.91. The van der Waals surface area contributed by atoms with Crippen molar-refractivity contribution in [3.8, 4) is 17.2 Å². The molecule has 0 fully saturated rings. The third-order valence-corrected chi connectivity index (χ3v) is 6.32. The van der Waals surface area contributed by atoms with E-state index in [4.69, 9.17) is 18.6 Å². The summed E-state index contributed by atoms with van der Waals surface area (Å²) in [5.74, 6) is -0.468. The number of methoxy groups -OCH3 is 3. The number of nitrogens with zero attached hydrogens (tertiary/aromatic N) is 1. The first-order valence-corrected chi connectivity index (χ1v) is 11.4. The van der Waals surface area contributed by atoms with E-state index in [0.29, 0.717) is 29.4 Å². The lowest BCUT2D eigenvalue weighted by Crippen LogP contribution is -2.30. The Labute approximate surface area is 203 Å². The van der Waals surface area contributed by atoms with Crippen LogP contribution in [0, 0.1) is 0 Å². The summed E-state index contributed by atoms with van der Waals surface area (Å²) in [6.45, 7) is 1.93. The molecule has 0 amide bonds. The van der Waals surface area contributed by atoms with Crippen molar-refractivity contribution in [2.75, 3.05) is 27.9 Å². The van der Waals surface area contributed by atoms with Gasteiger partial charge in [0.25, 0.3) is 0 Å². The molecule has 184 valence electrons. The van der Waals surface area contributed by atoms with Crippen LogP contribution in [0.4, 0.5) is 0 Å². The molecule has 1 aliphatic heterocycles. The van der Waals surface area contributed by atoms with E-state index in [-0.39, 0.29) is 12.2 Å². The predicted octanol–water partition coefficient (Wildman–Crippen LogP) is 3.62. The molecule has 2 aromatic carbocycles. The summed E-state index contributed by atoms with van der Waals surface area (Å²) in [4.78, 5) is 27.2. The zero-order valence-corrected chi connectivity index (χ0v) is 20.1. The number of benzene rings is 2. The number of rotatable bonds is 8. The molecule has 0 saturated heterocycles. The first kappa shape index (κ1) is 24.3. The molecule has 3 aromatic rings. The van der Waals surface area contributed by atoms with E-state index in [1.807, 2.05) is 12.1 Å². The molecule has 1 atom stereocenters. The zero-order chi connectivity index (χ0) is 24.9. The number of esters is 1. The van der Waals surface area contributed by atoms with Crippen molar-refractivity contribution >= 4 is 5.97 Å². The highest BCUT2D eigenvalue weighted by Crippen LogP contribution is 2.39. The number of hydrogen-bond donors (Lipinski definition) is 1. The first-order valence-electron chi connectivity index (χ1n) is 11.4. The average Bonchev–Trinajstić information content (AvgIpc) is 2.88. The maximum absolute atomic E-state index is 12.8. The molecule has 0 unspecified atom stereocenters. The Balaban J connectivity index is 1.71. The Morgan fingerprint density at radius 2 is 1.86 bits per heavy atom.